The number of hydrogen-bond acceptors (Lipinski definition) is 7. The van der Waals surface area contributed by atoms with E-state index >= 15 is 0 Å². The normalized spacial score (nSPS) is 17.2. The number of hydrogen-bond donors (Lipinski definition) is 1. The molecular formula is C38H47N3O6Si. The number of carbonyl (C=O) groups is 3. The van der Waals surface area contributed by atoms with E-state index in [1.165, 1.54) is 12.5 Å². The van der Waals surface area contributed by atoms with Crippen molar-refractivity contribution in [2.45, 2.75) is 64.7 Å². The van der Waals surface area contributed by atoms with Gasteiger partial charge in [0.15, 0.2) is 0 Å². The molecular weight excluding hydrogens is 623 g/mol. The fourth-order valence-electron chi connectivity index (χ4n) is 6.58. The summed E-state index contributed by atoms with van der Waals surface area (Å²) in [5, 5.41) is 4.36. The second-order valence-electron chi connectivity index (χ2n) is 14.2. The Morgan fingerprint density at radius 1 is 0.917 bits per heavy atom. The summed E-state index contributed by atoms with van der Waals surface area (Å²) in [6.07, 6.45) is 1.63. The number of benzene rings is 3. The van der Waals surface area contributed by atoms with Crippen LogP contribution in [0.25, 0.3) is 5.57 Å². The molecule has 0 unspecified atom stereocenters. The smallest absolute Gasteiger partial charge is 0.414 e. The number of anilines is 1. The molecule has 1 N–H and O–H groups in total. The molecule has 0 saturated carbocycles. The van der Waals surface area contributed by atoms with Crippen LogP contribution in [0.3, 0.4) is 0 Å². The zero-order valence-electron chi connectivity index (χ0n) is 28.8. The standard InChI is InChI=1S/C38H47N3O6Si/c1-28(42)39-24-32-26-41(36(44)46-32)31-19-17-29(18-20-31)30-21-22-40(25-30)27-45-48(33-13-9-7-10-14-33,34-15-11-8-12-16-34)38(5,6)23-35(43)47-37(2,3)4/h7-21,32H,22-27H2,1-6H3,(H,39,42)/t32-/m0/s1. The second kappa shape index (κ2) is 14.5. The van der Waals surface area contributed by atoms with E-state index in [2.05, 4.69) is 54.4 Å². The Morgan fingerprint density at radius 2 is 1.52 bits per heavy atom. The van der Waals surface area contributed by atoms with Crippen molar-refractivity contribution in [1.82, 2.24) is 10.2 Å². The fourth-order valence-corrected chi connectivity index (χ4v) is 11.3. The molecule has 9 nitrogen and oxygen atoms in total. The molecule has 0 spiro atoms. The highest BCUT2D eigenvalue weighted by atomic mass is 28.4. The highest BCUT2D eigenvalue weighted by molar-refractivity contribution is 6.99. The molecule has 2 aliphatic rings. The maximum atomic E-state index is 13.3. The van der Waals surface area contributed by atoms with Crippen molar-refractivity contribution >= 4 is 47.9 Å². The number of nitrogens with one attached hydrogen (secondary N) is 1. The molecule has 0 radical (unpaired) electrons. The van der Waals surface area contributed by atoms with Crippen molar-refractivity contribution in [3.8, 4) is 0 Å². The largest absolute Gasteiger partial charge is 0.460 e. The number of esters is 1. The van der Waals surface area contributed by atoms with Crippen LogP contribution in [0.4, 0.5) is 10.5 Å². The zero-order chi connectivity index (χ0) is 34.5. The lowest BCUT2D eigenvalue weighted by molar-refractivity contribution is -0.155. The molecule has 10 heteroatoms. The fraction of sp³-hybridized carbons (Fsp3) is 0.395. The monoisotopic (exact) mass is 669 g/mol. The van der Waals surface area contributed by atoms with Gasteiger partial charge in [0.05, 0.1) is 26.2 Å². The maximum Gasteiger partial charge on any atom is 0.414 e. The Bertz CT molecular complexity index is 1580. The van der Waals surface area contributed by atoms with E-state index in [9.17, 15) is 14.4 Å². The van der Waals surface area contributed by atoms with Gasteiger partial charge in [-0.3, -0.25) is 19.4 Å². The summed E-state index contributed by atoms with van der Waals surface area (Å²) in [6, 6.07) is 28.6. The minimum atomic E-state index is -3.07. The topological polar surface area (TPSA) is 97.4 Å². The van der Waals surface area contributed by atoms with E-state index in [1.807, 2.05) is 81.4 Å². The predicted octanol–water partition coefficient (Wildman–Crippen LogP) is 5.09. The van der Waals surface area contributed by atoms with E-state index in [4.69, 9.17) is 13.9 Å². The van der Waals surface area contributed by atoms with Crippen LogP contribution in [0, 0.1) is 0 Å². The highest BCUT2D eigenvalue weighted by Gasteiger charge is 2.54. The number of rotatable bonds is 12. The lowest BCUT2D eigenvalue weighted by Gasteiger charge is -2.45. The molecule has 3 aromatic rings. The van der Waals surface area contributed by atoms with Crippen LogP contribution in [-0.2, 0) is 23.5 Å². The van der Waals surface area contributed by atoms with Gasteiger partial charge in [0.2, 0.25) is 5.91 Å². The van der Waals surface area contributed by atoms with Crippen LogP contribution in [0.1, 0.15) is 53.5 Å². The van der Waals surface area contributed by atoms with Crippen molar-refractivity contribution in [2.24, 2.45) is 0 Å². The summed E-state index contributed by atoms with van der Waals surface area (Å²) in [5.74, 6) is -0.394. The summed E-state index contributed by atoms with van der Waals surface area (Å²) >= 11 is 0. The minimum Gasteiger partial charge on any atom is -0.460 e. The first-order valence-electron chi connectivity index (χ1n) is 16.5. The highest BCUT2D eigenvalue weighted by Crippen LogP contribution is 2.42. The van der Waals surface area contributed by atoms with Gasteiger partial charge in [0, 0.05) is 30.7 Å². The van der Waals surface area contributed by atoms with E-state index in [-0.39, 0.29) is 30.9 Å². The van der Waals surface area contributed by atoms with Crippen molar-refractivity contribution in [2.75, 3.05) is 37.8 Å². The van der Waals surface area contributed by atoms with Crippen LogP contribution in [0.15, 0.2) is 91.0 Å². The van der Waals surface area contributed by atoms with Gasteiger partial charge in [-0.05, 0) is 54.4 Å². The summed E-state index contributed by atoms with van der Waals surface area (Å²) < 4.78 is 18.5. The Morgan fingerprint density at radius 3 is 2.08 bits per heavy atom. The number of ether oxygens (including phenoxy) is 2. The van der Waals surface area contributed by atoms with Gasteiger partial charge in [-0.25, -0.2) is 4.79 Å². The van der Waals surface area contributed by atoms with E-state index in [1.54, 1.807) is 4.90 Å². The predicted molar refractivity (Wildman–Crippen MR) is 191 cm³/mol. The van der Waals surface area contributed by atoms with E-state index in [0.29, 0.717) is 19.8 Å². The molecule has 2 amide bonds. The molecule has 1 saturated heterocycles. The Hall–Kier alpha value is -4.25. The number of cyclic esters (lactones) is 1. The first-order valence-corrected chi connectivity index (χ1v) is 18.4. The Kier molecular flexibility index (Phi) is 10.6. The van der Waals surface area contributed by atoms with Gasteiger partial charge >= 0.3 is 12.1 Å². The first-order chi connectivity index (χ1) is 22.8. The molecule has 48 heavy (non-hydrogen) atoms. The third-order valence-corrected chi connectivity index (χ3v) is 13.7. The van der Waals surface area contributed by atoms with Crippen LogP contribution >= 0.6 is 0 Å². The zero-order valence-corrected chi connectivity index (χ0v) is 29.8. The lowest BCUT2D eigenvalue weighted by atomic mass is 10.1. The van der Waals surface area contributed by atoms with Gasteiger partial charge < -0.3 is 19.2 Å². The molecule has 3 aromatic carbocycles. The third-order valence-electron chi connectivity index (χ3n) is 8.78. The maximum absolute atomic E-state index is 13.3. The molecule has 2 heterocycles. The third kappa shape index (κ3) is 8.06. The van der Waals surface area contributed by atoms with Crippen molar-refractivity contribution in [1.29, 1.82) is 0 Å². The number of carbonyl (C=O) groups excluding carboxylic acids is 3. The molecule has 1 fully saturated rings. The van der Waals surface area contributed by atoms with Crippen LogP contribution in [0.5, 0.6) is 0 Å². The van der Waals surface area contributed by atoms with Gasteiger partial charge in [0.25, 0.3) is 8.32 Å². The minimum absolute atomic E-state index is 0.157. The summed E-state index contributed by atoms with van der Waals surface area (Å²) in [7, 11) is -3.07. The molecule has 0 aromatic heterocycles. The van der Waals surface area contributed by atoms with Crippen LogP contribution < -0.4 is 20.6 Å². The molecule has 1 atom stereocenters. The summed E-state index contributed by atoms with van der Waals surface area (Å²) in [5.41, 5.74) is 2.42. The van der Waals surface area contributed by atoms with Gasteiger partial charge in [0.1, 0.15) is 11.7 Å². The lowest BCUT2D eigenvalue weighted by Crippen LogP contribution is -2.68. The van der Waals surface area contributed by atoms with E-state index < -0.39 is 25.0 Å². The molecule has 2 aliphatic heterocycles. The SMILES string of the molecule is CC(=O)NC[C@H]1CN(c2ccc(C3=CCN(CO[Si](c4ccccc4)(c4ccccc4)C(C)(C)CC(=O)OC(C)(C)C)C3)cc2)C(=O)O1. The quantitative estimate of drug-likeness (QED) is 0.212. The van der Waals surface area contributed by atoms with Gasteiger partial charge in [-0.1, -0.05) is 92.7 Å². The molecule has 0 bridgehead atoms. The van der Waals surface area contributed by atoms with Crippen molar-refractivity contribution in [3.05, 3.63) is 96.6 Å². The average molecular weight is 670 g/mol. The summed E-state index contributed by atoms with van der Waals surface area (Å²) in [6.45, 7) is 13.9. The van der Waals surface area contributed by atoms with Crippen molar-refractivity contribution in [3.63, 3.8) is 0 Å². The summed E-state index contributed by atoms with van der Waals surface area (Å²) in [4.78, 5) is 40.9. The van der Waals surface area contributed by atoms with E-state index in [0.717, 1.165) is 28.2 Å². The molecule has 254 valence electrons. The van der Waals surface area contributed by atoms with Crippen molar-refractivity contribution < 1.29 is 28.3 Å². The van der Waals surface area contributed by atoms with Crippen LogP contribution in [0.2, 0.25) is 5.04 Å². The molecule has 5 rings (SSSR count). The number of amides is 2. The average Bonchev–Trinajstić information content (AvgIpc) is 3.66. The first kappa shape index (κ1) is 35.1. The second-order valence-corrected chi connectivity index (χ2v) is 18.3. The Labute approximate surface area is 285 Å². The Balaban J connectivity index is 1.33. The van der Waals surface area contributed by atoms with Gasteiger partial charge in [-0.2, -0.15) is 0 Å². The molecule has 0 aliphatic carbocycles. The number of nitrogens with zero attached hydrogens (tertiary/aromatic N) is 2. The van der Waals surface area contributed by atoms with Crippen LogP contribution in [-0.4, -0.2) is 75.8 Å². The van der Waals surface area contributed by atoms with Gasteiger partial charge in [-0.15, -0.1) is 0 Å².